The Bertz CT molecular complexity index is 609. The number of aliphatic hydroxyl groups is 1. The lowest BCUT2D eigenvalue weighted by molar-refractivity contribution is -0.125. The number of rotatable bonds is 4. The van der Waals surface area contributed by atoms with Gasteiger partial charge in [-0.15, -0.1) is 0 Å². The third kappa shape index (κ3) is 3.11. The second kappa shape index (κ2) is 6.90. The molecule has 1 spiro atoms. The number of hydrogen-bond acceptors (Lipinski definition) is 4. The molecule has 4 heteroatoms. The highest BCUT2D eigenvalue weighted by atomic mass is 16.3. The molecule has 1 aromatic carbocycles. The van der Waals surface area contributed by atoms with E-state index in [4.69, 9.17) is 0 Å². The minimum absolute atomic E-state index is 0.119. The van der Waals surface area contributed by atoms with Crippen LogP contribution < -0.4 is 0 Å². The second-order valence-electron chi connectivity index (χ2n) is 9.23. The van der Waals surface area contributed by atoms with E-state index in [-0.39, 0.29) is 6.10 Å². The largest absolute Gasteiger partial charge is 0.392 e. The van der Waals surface area contributed by atoms with E-state index in [1.807, 2.05) is 0 Å². The molecule has 4 aliphatic rings. The molecular formula is C22H33N3O. The Labute approximate surface area is 157 Å². The normalized spacial score (nSPS) is 32.8. The molecular weight excluding hydrogens is 322 g/mol. The van der Waals surface area contributed by atoms with E-state index in [1.54, 1.807) is 0 Å². The summed E-state index contributed by atoms with van der Waals surface area (Å²) in [4.78, 5) is 8.13. The first-order valence-electron chi connectivity index (χ1n) is 10.7. The number of hydrogen-bond donors (Lipinski definition) is 1. The molecule has 1 aliphatic carbocycles. The smallest absolute Gasteiger partial charge is 0.0682 e. The van der Waals surface area contributed by atoms with Gasteiger partial charge in [-0.3, -0.25) is 14.7 Å². The lowest BCUT2D eigenvalue weighted by Gasteiger charge is -2.62. The molecule has 0 bridgehead atoms. The van der Waals surface area contributed by atoms with Gasteiger partial charge in [-0.05, 0) is 31.2 Å². The van der Waals surface area contributed by atoms with E-state index in [2.05, 4.69) is 45.0 Å². The van der Waals surface area contributed by atoms with Crippen molar-refractivity contribution in [3.05, 3.63) is 35.9 Å². The molecule has 4 nitrogen and oxygen atoms in total. The zero-order chi connectivity index (χ0) is 17.6. The fraction of sp³-hybridized carbons (Fsp3) is 0.727. The van der Waals surface area contributed by atoms with Crippen molar-refractivity contribution in [1.82, 2.24) is 14.7 Å². The molecule has 1 saturated carbocycles. The molecule has 3 saturated heterocycles. The standard InChI is InChI=1S/C22H33N3O/c26-21-12-20-13-23(11-10-18-6-2-1-3-7-18)15-22(25(20)14-21)16-24(17-22)19-8-4-5-9-19/h1-3,6-7,19-21,26H,4-5,8-17H2. The lowest BCUT2D eigenvalue weighted by Crippen LogP contribution is -2.79. The highest BCUT2D eigenvalue weighted by Gasteiger charge is 2.56. The van der Waals surface area contributed by atoms with Crippen LogP contribution in [0.25, 0.3) is 0 Å². The average Bonchev–Trinajstić information content (AvgIpc) is 3.27. The minimum atomic E-state index is -0.119. The van der Waals surface area contributed by atoms with Crippen molar-refractivity contribution < 1.29 is 5.11 Å². The molecule has 3 heterocycles. The summed E-state index contributed by atoms with van der Waals surface area (Å²) in [5, 5.41) is 10.3. The third-order valence-corrected chi connectivity index (χ3v) is 7.38. The van der Waals surface area contributed by atoms with E-state index in [0.717, 1.165) is 38.5 Å². The van der Waals surface area contributed by atoms with Crippen molar-refractivity contribution in [3.63, 3.8) is 0 Å². The zero-order valence-corrected chi connectivity index (χ0v) is 15.9. The summed E-state index contributed by atoms with van der Waals surface area (Å²) < 4.78 is 0. The number of piperazine rings is 1. The van der Waals surface area contributed by atoms with Crippen LogP contribution in [0.5, 0.6) is 0 Å². The summed E-state index contributed by atoms with van der Waals surface area (Å²) in [6.07, 6.45) is 7.63. The summed E-state index contributed by atoms with van der Waals surface area (Å²) in [7, 11) is 0. The Morgan fingerprint density at radius 3 is 2.50 bits per heavy atom. The van der Waals surface area contributed by atoms with Gasteiger partial charge < -0.3 is 5.11 Å². The monoisotopic (exact) mass is 355 g/mol. The quantitative estimate of drug-likeness (QED) is 0.895. The molecule has 1 aromatic rings. The van der Waals surface area contributed by atoms with Crippen LogP contribution in [0.3, 0.4) is 0 Å². The molecule has 0 amide bonds. The summed E-state index contributed by atoms with van der Waals surface area (Å²) in [5.74, 6) is 0. The molecule has 5 rings (SSSR count). The van der Waals surface area contributed by atoms with Crippen molar-refractivity contribution in [1.29, 1.82) is 0 Å². The maximum atomic E-state index is 10.3. The van der Waals surface area contributed by atoms with E-state index in [9.17, 15) is 5.11 Å². The molecule has 0 radical (unpaired) electrons. The van der Waals surface area contributed by atoms with Gasteiger partial charge in [0.2, 0.25) is 0 Å². The van der Waals surface area contributed by atoms with Crippen LogP contribution in [0.1, 0.15) is 37.7 Å². The third-order valence-electron chi connectivity index (χ3n) is 7.38. The minimum Gasteiger partial charge on any atom is -0.392 e. The predicted octanol–water partition coefficient (Wildman–Crippen LogP) is 1.98. The van der Waals surface area contributed by atoms with Gasteiger partial charge in [0.05, 0.1) is 11.6 Å². The van der Waals surface area contributed by atoms with Crippen LogP contribution in [0, 0.1) is 0 Å². The van der Waals surface area contributed by atoms with Gasteiger partial charge in [0, 0.05) is 51.4 Å². The summed E-state index contributed by atoms with van der Waals surface area (Å²) >= 11 is 0. The fourth-order valence-electron chi connectivity index (χ4n) is 6.14. The van der Waals surface area contributed by atoms with Crippen molar-refractivity contribution in [2.75, 3.05) is 39.3 Å². The summed E-state index contributed by atoms with van der Waals surface area (Å²) in [6, 6.07) is 12.3. The zero-order valence-electron chi connectivity index (χ0n) is 15.9. The fourth-order valence-corrected chi connectivity index (χ4v) is 6.14. The molecule has 142 valence electrons. The SMILES string of the molecule is OC1CC2CN(CCc3ccccc3)CC3(CN(C4CCCC4)C3)N2C1. The van der Waals surface area contributed by atoms with E-state index < -0.39 is 0 Å². The second-order valence-corrected chi connectivity index (χ2v) is 9.23. The molecule has 2 atom stereocenters. The number of benzene rings is 1. The number of nitrogens with zero attached hydrogens (tertiary/aromatic N) is 3. The molecule has 3 aliphatic heterocycles. The van der Waals surface area contributed by atoms with Gasteiger partial charge >= 0.3 is 0 Å². The Morgan fingerprint density at radius 2 is 1.73 bits per heavy atom. The molecule has 4 fully saturated rings. The van der Waals surface area contributed by atoms with Crippen molar-refractivity contribution in [3.8, 4) is 0 Å². The van der Waals surface area contributed by atoms with Gasteiger partial charge in [-0.2, -0.15) is 0 Å². The molecule has 1 N–H and O–H groups in total. The number of likely N-dealkylation sites (tertiary alicyclic amines) is 1. The first kappa shape index (κ1) is 17.2. The van der Waals surface area contributed by atoms with Crippen LogP contribution in [0.4, 0.5) is 0 Å². The van der Waals surface area contributed by atoms with Gasteiger partial charge in [-0.1, -0.05) is 43.2 Å². The van der Waals surface area contributed by atoms with Gasteiger partial charge in [0.25, 0.3) is 0 Å². The average molecular weight is 356 g/mol. The maximum Gasteiger partial charge on any atom is 0.0682 e. The van der Waals surface area contributed by atoms with Crippen molar-refractivity contribution >= 4 is 0 Å². The van der Waals surface area contributed by atoms with Gasteiger partial charge in [0.15, 0.2) is 0 Å². The van der Waals surface area contributed by atoms with E-state index in [0.29, 0.717) is 11.6 Å². The Kier molecular flexibility index (Phi) is 4.56. The van der Waals surface area contributed by atoms with Gasteiger partial charge in [-0.25, -0.2) is 0 Å². The Balaban J connectivity index is 1.26. The van der Waals surface area contributed by atoms with E-state index >= 15 is 0 Å². The first-order valence-corrected chi connectivity index (χ1v) is 10.7. The highest BCUT2D eigenvalue weighted by Crippen LogP contribution is 2.41. The van der Waals surface area contributed by atoms with Crippen molar-refractivity contribution in [2.24, 2.45) is 0 Å². The van der Waals surface area contributed by atoms with Crippen LogP contribution in [0.15, 0.2) is 30.3 Å². The number of β-amino-alcohol motifs (C(OH)–C–C–N with tert-alkyl or cyclic N) is 1. The molecule has 0 aromatic heterocycles. The lowest BCUT2D eigenvalue weighted by atomic mass is 9.82. The van der Waals surface area contributed by atoms with Crippen molar-refractivity contribution in [2.45, 2.75) is 62.3 Å². The van der Waals surface area contributed by atoms with Gasteiger partial charge in [0.1, 0.15) is 0 Å². The number of aliphatic hydroxyl groups excluding tert-OH is 1. The summed E-state index contributed by atoms with van der Waals surface area (Å²) in [6.45, 7) is 6.82. The maximum absolute atomic E-state index is 10.3. The highest BCUT2D eigenvalue weighted by molar-refractivity contribution is 5.17. The predicted molar refractivity (Wildman–Crippen MR) is 104 cm³/mol. The topological polar surface area (TPSA) is 30.0 Å². The van der Waals surface area contributed by atoms with Crippen LogP contribution in [0.2, 0.25) is 0 Å². The van der Waals surface area contributed by atoms with E-state index in [1.165, 1.54) is 50.9 Å². The number of fused-ring (bicyclic) bond motifs is 2. The van der Waals surface area contributed by atoms with Crippen LogP contribution in [-0.4, -0.2) is 82.8 Å². The Hall–Kier alpha value is -0.940. The summed E-state index contributed by atoms with van der Waals surface area (Å²) in [5.41, 5.74) is 1.75. The first-order chi connectivity index (χ1) is 12.7. The van der Waals surface area contributed by atoms with Crippen LogP contribution >= 0.6 is 0 Å². The molecule has 2 unspecified atom stereocenters. The van der Waals surface area contributed by atoms with Crippen LogP contribution in [-0.2, 0) is 6.42 Å². The molecule has 26 heavy (non-hydrogen) atoms. The Morgan fingerprint density at radius 1 is 0.962 bits per heavy atom.